The molecule has 1 heterocycles. The Balaban J connectivity index is 1.87. The number of anilines is 1. The molecule has 0 saturated carbocycles. The minimum atomic E-state index is -0.412. The Morgan fingerprint density at radius 2 is 1.96 bits per heavy atom. The maximum absolute atomic E-state index is 12.3. The third-order valence-corrected chi connectivity index (χ3v) is 4.52. The van der Waals surface area contributed by atoms with Crippen molar-refractivity contribution in [1.29, 1.82) is 0 Å². The number of carbonyl (C=O) groups excluding carboxylic acids is 2. The number of hydrogen-bond donors (Lipinski definition) is 3. The van der Waals surface area contributed by atoms with Gasteiger partial charge >= 0.3 is 0 Å². The van der Waals surface area contributed by atoms with E-state index in [4.69, 9.17) is 9.84 Å². The normalized spacial score (nSPS) is 23.9. The van der Waals surface area contributed by atoms with Crippen molar-refractivity contribution in [3.05, 3.63) is 29.8 Å². The first-order valence-corrected chi connectivity index (χ1v) is 8.88. The summed E-state index contributed by atoms with van der Waals surface area (Å²) in [5, 5.41) is 14.8. The maximum atomic E-state index is 12.3. The molecule has 1 aromatic rings. The van der Waals surface area contributed by atoms with Gasteiger partial charge in [-0.15, -0.1) is 0 Å². The van der Waals surface area contributed by atoms with Gasteiger partial charge in [-0.05, 0) is 43.4 Å². The average molecular weight is 348 g/mol. The minimum absolute atomic E-state index is 0.0620. The van der Waals surface area contributed by atoms with Crippen LogP contribution in [0.5, 0.6) is 0 Å². The Morgan fingerprint density at radius 1 is 1.28 bits per heavy atom. The molecule has 1 saturated heterocycles. The molecular formula is C19H28N2O4. The van der Waals surface area contributed by atoms with Crippen molar-refractivity contribution in [1.82, 2.24) is 5.32 Å². The molecule has 1 aliphatic rings. The zero-order valence-corrected chi connectivity index (χ0v) is 15.1. The molecule has 3 N–H and O–H groups in total. The SMILES string of the molecule is CC[C@H](CO)NC(=O)Cc1ccc(NC(=O)[C@@H]2O[C@H](C)C[C@H]2C)cc1. The van der Waals surface area contributed by atoms with Crippen LogP contribution in [-0.2, 0) is 20.7 Å². The number of ether oxygens (including phenoxy) is 1. The molecular weight excluding hydrogens is 320 g/mol. The van der Waals surface area contributed by atoms with Crippen LogP contribution >= 0.6 is 0 Å². The quantitative estimate of drug-likeness (QED) is 0.702. The predicted molar refractivity (Wildman–Crippen MR) is 96.2 cm³/mol. The molecule has 6 heteroatoms. The molecule has 0 aromatic heterocycles. The van der Waals surface area contributed by atoms with E-state index < -0.39 is 6.10 Å². The number of aliphatic hydroxyl groups excluding tert-OH is 1. The topological polar surface area (TPSA) is 87.7 Å². The third kappa shape index (κ3) is 5.54. The lowest BCUT2D eigenvalue weighted by Gasteiger charge is -2.15. The van der Waals surface area contributed by atoms with E-state index >= 15 is 0 Å². The first kappa shape index (κ1) is 19.4. The van der Waals surface area contributed by atoms with Crippen LogP contribution in [0.2, 0.25) is 0 Å². The fourth-order valence-corrected chi connectivity index (χ4v) is 3.07. The van der Waals surface area contributed by atoms with Gasteiger partial charge in [-0.3, -0.25) is 9.59 Å². The van der Waals surface area contributed by atoms with Crippen LogP contribution < -0.4 is 10.6 Å². The summed E-state index contributed by atoms with van der Waals surface area (Å²) in [7, 11) is 0. The number of rotatable bonds is 7. The molecule has 25 heavy (non-hydrogen) atoms. The second-order valence-electron chi connectivity index (χ2n) is 6.80. The van der Waals surface area contributed by atoms with Crippen molar-refractivity contribution >= 4 is 17.5 Å². The van der Waals surface area contributed by atoms with E-state index in [-0.39, 0.29) is 42.9 Å². The van der Waals surface area contributed by atoms with Gasteiger partial charge in [0.25, 0.3) is 5.91 Å². The van der Waals surface area contributed by atoms with E-state index in [1.54, 1.807) is 12.1 Å². The number of nitrogens with one attached hydrogen (secondary N) is 2. The van der Waals surface area contributed by atoms with E-state index in [0.29, 0.717) is 12.1 Å². The Hall–Kier alpha value is -1.92. The largest absolute Gasteiger partial charge is 0.394 e. The lowest BCUT2D eigenvalue weighted by Crippen LogP contribution is -2.37. The highest BCUT2D eigenvalue weighted by molar-refractivity contribution is 5.94. The molecule has 4 atom stereocenters. The molecule has 1 aliphatic heterocycles. The minimum Gasteiger partial charge on any atom is -0.394 e. The highest BCUT2D eigenvalue weighted by Gasteiger charge is 2.34. The highest BCUT2D eigenvalue weighted by Crippen LogP contribution is 2.26. The van der Waals surface area contributed by atoms with Crippen molar-refractivity contribution in [2.24, 2.45) is 5.92 Å². The standard InChI is InChI=1S/C19H28N2O4/c1-4-15(11-22)20-17(23)10-14-5-7-16(8-6-14)21-19(24)18-12(2)9-13(3)25-18/h5-8,12-13,15,18,22H,4,9-11H2,1-3H3,(H,20,23)(H,21,24)/t12-,13-,15-,18-/m1/s1. The van der Waals surface area contributed by atoms with Gasteiger partial charge in [-0.1, -0.05) is 26.0 Å². The number of amides is 2. The lowest BCUT2D eigenvalue weighted by molar-refractivity contribution is -0.127. The summed E-state index contributed by atoms with van der Waals surface area (Å²) in [4.78, 5) is 24.2. The monoisotopic (exact) mass is 348 g/mol. The molecule has 1 aromatic carbocycles. The zero-order valence-electron chi connectivity index (χ0n) is 15.1. The van der Waals surface area contributed by atoms with Crippen LogP contribution in [0, 0.1) is 5.92 Å². The summed E-state index contributed by atoms with van der Waals surface area (Å²) in [5.74, 6) is -0.0491. The van der Waals surface area contributed by atoms with Gasteiger partial charge in [0.1, 0.15) is 6.10 Å². The molecule has 0 unspecified atom stereocenters. The van der Waals surface area contributed by atoms with Crippen molar-refractivity contribution < 1.29 is 19.4 Å². The van der Waals surface area contributed by atoms with E-state index in [9.17, 15) is 9.59 Å². The molecule has 2 rings (SSSR count). The Labute approximate surface area is 149 Å². The summed E-state index contributed by atoms with van der Waals surface area (Å²) in [6.45, 7) is 5.84. The molecule has 0 spiro atoms. The van der Waals surface area contributed by atoms with Gasteiger partial charge in [0.05, 0.1) is 25.2 Å². The van der Waals surface area contributed by atoms with Crippen LogP contribution in [0.1, 0.15) is 39.2 Å². The summed E-state index contributed by atoms with van der Waals surface area (Å²) in [6.07, 6.45) is 1.51. The van der Waals surface area contributed by atoms with E-state index in [2.05, 4.69) is 10.6 Å². The predicted octanol–water partition coefficient (Wildman–Crippen LogP) is 1.87. The number of aliphatic hydroxyl groups is 1. The molecule has 0 bridgehead atoms. The Bertz CT molecular complexity index is 584. The van der Waals surface area contributed by atoms with Crippen molar-refractivity contribution in [2.45, 2.75) is 58.3 Å². The summed E-state index contributed by atoms with van der Waals surface area (Å²) in [5.41, 5.74) is 1.54. The molecule has 138 valence electrons. The first-order chi connectivity index (χ1) is 11.9. The van der Waals surface area contributed by atoms with Gasteiger partial charge in [0, 0.05) is 5.69 Å². The number of hydrogen-bond acceptors (Lipinski definition) is 4. The van der Waals surface area contributed by atoms with Crippen molar-refractivity contribution in [2.75, 3.05) is 11.9 Å². The fraction of sp³-hybridized carbons (Fsp3) is 0.579. The van der Waals surface area contributed by atoms with E-state index in [1.165, 1.54) is 0 Å². The van der Waals surface area contributed by atoms with E-state index in [0.717, 1.165) is 12.0 Å². The Morgan fingerprint density at radius 3 is 2.48 bits per heavy atom. The summed E-state index contributed by atoms with van der Waals surface area (Å²) in [6, 6.07) is 6.99. The van der Waals surface area contributed by atoms with Crippen LogP contribution in [0.4, 0.5) is 5.69 Å². The van der Waals surface area contributed by atoms with Gasteiger partial charge in [-0.25, -0.2) is 0 Å². The van der Waals surface area contributed by atoms with Crippen LogP contribution in [-0.4, -0.2) is 41.8 Å². The molecule has 6 nitrogen and oxygen atoms in total. The van der Waals surface area contributed by atoms with Crippen molar-refractivity contribution in [3.8, 4) is 0 Å². The van der Waals surface area contributed by atoms with E-state index in [1.807, 2.05) is 32.9 Å². The zero-order chi connectivity index (χ0) is 18.4. The van der Waals surface area contributed by atoms with Gasteiger partial charge in [0.15, 0.2) is 0 Å². The summed E-state index contributed by atoms with van der Waals surface area (Å²) >= 11 is 0. The molecule has 0 radical (unpaired) electrons. The second-order valence-corrected chi connectivity index (χ2v) is 6.80. The molecule has 0 aliphatic carbocycles. The van der Waals surface area contributed by atoms with Gasteiger partial charge in [-0.2, -0.15) is 0 Å². The van der Waals surface area contributed by atoms with Gasteiger partial charge in [0.2, 0.25) is 5.91 Å². The number of benzene rings is 1. The highest BCUT2D eigenvalue weighted by atomic mass is 16.5. The van der Waals surface area contributed by atoms with Gasteiger partial charge < -0.3 is 20.5 Å². The maximum Gasteiger partial charge on any atom is 0.253 e. The smallest absolute Gasteiger partial charge is 0.253 e. The van der Waals surface area contributed by atoms with Crippen LogP contribution in [0.15, 0.2) is 24.3 Å². The molecule has 2 amide bonds. The lowest BCUT2D eigenvalue weighted by atomic mass is 10.0. The summed E-state index contributed by atoms with van der Waals surface area (Å²) < 4.78 is 5.66. The third-order valence-electron chi connectivity index (χ3n) is 4.52. The fourth-order valence-electron chi connectivity index (χ4n) is 3.07. The molecule has 1 fully saturated rings. The van der Waals surface area contributed by atoms with Crippen LogP contribution in [0.3, 0.4) is 0 Å². The number of carbonyl (C=O) groups is 2. The average Bonchev–Trinajstić information content (AvgIpc) is 2.93. The Kier molecular flexibility index (Phi) is 6.96. The first-order valence-electron chi connectivity index (χ1n) is 8.88. The van der Waals surface area contributed by atoms with Crippen molar-refractivity contribution in [3.63, 3.8) is 0 Å². The second kappa shape index (κ2) is 8.97. The van der Waals surface area contributed by atoms with Crippen LogP contribution in [0.25, 0.3) is 0 Å².